The van der Waals surface area contributed by atoms with Gasteiger partial charge in [0.05, 0.1) is 5.50 Å². The summed E-state index contributed by atoms with van der Waals surface area (Å²) in [4.78, 5) is 10.9. The van der Waals surface area contributed by atoms with Gasteiger partial charge in [-0.25, -0.2) is 4.79 Å². The van der Waals surface area contributed by atoms with Gasteiger partial charge in [0, 0.05) is 0 Å². The number of aliphatic hydroxyl groups is 2. The zero-order chi connectivity index (χ0) is 15.3. The zero-order valence-corrected chi connectivity index (χ0v) is 10.1. The molecule has 8 radical (unpaired) electrons. The normalized spacial score (nSPS) is 21.7. The van der Waals surface area contributed by atoms with E-state index in [-0.39, 0.29) is 17.1 Å². The minimum absolute atomic E-state index is 0.0116. The van der Waals surface area contributed by atoms with Crippen molar-refractivity contribution in [3.63, 3.8) is 0 Å². The number of hydrogen-bond acceptors (Lipinski definition) is 5. The Labute approximate surface area is 119 Å². The molecule has 0 aliphatic carbocycles. The summed E-state index contributed by atoms with van der Waals surface area (Å²) in [6, 6.07) is 3.57. The van der Waals surface area contributed by atoms with Gasteiger partial charge in [-0.15, -0.1) is 0 Å². The Morgan fingerprint density at radius 3 is 2.25 bits per heavy atom. The van der Waals surface area contributed by atoms with Crippen LogP contribution in [-0.2, 0) is 10.3 Å². The second kappa shape index (κ2) is 4.23. The van der Waals surface area contributed by atoms with Crippen molar-refractivity contribution in [2.45, 2.75) is 16.6 Å². The molecule has 0 fully saturated rings. The molecule has 3 N–H and O–H groups in total. The van der Waals surface area contributed by atoms with Crippen molar-refractivity contribution in [2.75, 3.05) is 0 Å². The second-order valence-corrected chi connectivity index (χ2v) is 4.42. The molecule has 0 aromatic heterocycles. The van der Waals surface area contributed by atoms with Crippen LogP contribution in [0.25, 0.3) is 0 Å². The van der Waals surface area contributed by atoms with E-state index in [0.717, 1.165) is 6.07 Å². The molecule has 0 saturated carbocycles. The van der Waals surface area contributed by atoms with Crippen molar-refractivity contribution in [2.24, 2.45) is 0 Å². The monoisotopic (exact) mass is 266 g/mol. The molecule has 20 heavy (non-hydrogen) atoms. The number of ether oxygens (including phenoxy) is 2. The maximum absolute atomic E-state index is 10.9. The van der Waals surface area contributed by atoms with Crippen molar-refractivity contribution < 1.29 is 29.6 Å². The van der Waals surface area contributed by atoms with E-state index in [1.165, 1.54) is 12.1 Å². The predicted octanol–water partition coefficient (Wildman–Crippen LogP) is -2.34. The molecular formula is C10H6B4O6. The van der Waals surface area contributed by atoms with Gasteiger partial charge in [-0.1, -0.05) is 6.07 Å². The van der Waals surface area contributed by atoms with Gasteiger partial charge in [-0.2, -0.15) is 0 Å². The van der Waals surface area contributed by atoms with Gasteiger partial charge in [-0.3, -0.25) is 0 Å². The minimum atomic E-state index is -3.12. The Kier molecular flexibility index (Phi) is 3.15. The van der Waals surface area contributed by atoms with Crippen LogP contribution in [-0.4, -0.2) is 63.8 Å². The molecule has 2 atom stereocenters. The van der Waals surface area contributed by atoms with Gasteiger partial charge in [0.2, 0.25) is 0 Å². The van der Waals surface area contributed by atoms with Crippen LogP contribution >= 0.6 is 0 Å². The highest BCUT2D eigenvalue weighted by Crippen LogP contribution is 2.40. The largest absolute Gasteiger partial charge is 0.480 e. The molecule has 1 aliphatic rings. The molecule has 2 unspecified atom stereocenters. The first-order valence-electron chi connectivity index (χ1n) is 5.33. The maximum atomic E-state index is 10.9. The topological polar surface area (TPSA) is 96.2 Å². The molecule has 1 aliphatic heterocycles. The van der Waals surface area contributed by atoms with E-state index < -0.39 is 22.6 Å². The highest BCUT2D eigenvalue weighted by atomic mass is 16.7. The van der Waals surface area contributed by atoms with Gasteiger partial charge in [0.25, 0.3) is 0 Å². The molecule has 10 heteroatoms. The van der Waals surface area contributed by atoms with Crippen LogP contribution in [0.3, 0.4) is 0 Å². The van der Waals surface area contributed by atoms with Crippen molar-refractivity contribution in [3.8, 4) is 11.5 Å². The summed E-state index contributed by atoms with van der Waals surface area (Å²) in [5.41, 5.74) is -8.03. The lowest BCUT2D eigenvalue weighted by molar-refractivity contribution is -0.163. The second-order valence-electron chi connectivity index (χ2n) is 4.42. The fraction of sp³-hybridized carbons (Fsp3) is 0.300. The summed E-state index contributed by atoms with van der Waals surface area (Å²) in [5, 5.41) is 28.4. The fourth-order valence-electron chi connectivity index (χ4n) is 1.66. The molecule has 1 aromatic carbocycles. The first-order chi connectivity index (χ1) is 8.97. The number of aliphatic carboxylic acids is 1. The Balaban J connectivity index is 2.44. The summed E-state index contributed by atoms with van der Waals surface area (Å²) in [5.74, 6) is -1.74. The molecule has 0 bridgehead atoms. The van der Waals surface area contributed by atoms with Crippen LogP contribution in [0.15, 0.2) is 18.2 Å². The van der Waals surface area contributed by atoms with E-state index in [2.05, 4.69) is 0 Å². The lowest BCUT2D eigenvalue weighted by atomic mass is 9.56. The van der Waals surface area contributed by atoms with E-state index in [9.17, 15) is 15.0 Å². The number of benzene rings is 1. The molecule has 94 valence electrons. The average Bonchev–Trinajstić information content (AvgIpc) is 2.60. The third kappa shape index (κ3) is 2.19. The molecule has 0 saturated heterocycles. The van der Waals surface area contributed by atoms with Crippen LogP contribution in [0.1, 0.15) is 5.56 Å². The lowest BCUT2D eigenvalue weighted by Crippen LogP contribution is -2.58. The summed E-state index contributed by atoms with van der Waals surface area (Å²) in [6.45, 7) is 0. The first kappa shape index (κ1) is 14.9. The van der Waals surface area contributed by atoms with E-state index in [0.29, 0.717) is 0 Å². The number of hydrogen-bond donors (Lipinski definition) is 3. The SMILES string of the molecule is [B]C1([B])Oc2ccc(C([B])(O)C([B])(O)C(=O)O)cc2O1. The summed E-state index contributed by atoms with van der Waals surface area (Å²) in [6.07, 6.45) is 0. The molecule has 1 heterocycles. The minimum Gasteiger partial charge on any atom is -0.480 e. The van der Waals surface area contributed by atoms with Crippen LogP contribution in [0.4, 0.5) is 0 Å². The molecule has 0 amide bonds. The number of carbonyl (C=O) groups is 1. The first-order valence-corrected chi connectivity index (χ1v) is 5.33. The number of fused-ring (bicyclic) bond motifs is 1. The predicted molar refractivity (Wildman–Crippen MR) is 69.9 cm³/mol. The van der Waals surface area contributed by atoms with Crippen LogP contribution < -0.4 is 9.47 Å². The van der Waals surface area contributed by atoms with E-state index in [1.807, 2.05) is 0 Å². The van der Waals surface area contributed by atoms with Crippen LogP contribution in [0.5, 0.6) is 11.5 Å². The van der Waals surface area contributed by atoms with Crippen molar-refractivity contribution >= 4 is 37.4 Å². The molecular weight excluding hydrogens is 259 g/mol. The molecule has 1 aromatic rings. The third-order valence-electron chi connectivity index (χ3n) is 2.83. The van der Waals surface area contributed by atoms with Crippen molar-refractivity contribution in [3.05, 3.63) is 23.8 Å². The Hall–Kier alpha value is -1.53. The summed E-state index contributed by atoms with van der Waals surface area (Å²) >= 11 is 0. The van der Waals surface area contributed by atoms with E-state index in [1.54, 1.807) is 0 Å². The molecule has 2 rings (SSSR count). The number of rotatable bonds is 3. The average molecular weight is 265 g/mol. The Morgan fingerprint density at radius 2 is 1.70 bits per heavy atom. The Morgan fingerprint density at radius 1 is 1.15 bits per heavy atom. The van der Waals surface area contributed by atoms with Gasteiger partial charge in [-0.05, 0) is 17.7 Å². The van der Waals surface area contributed by atoms with Crippen LogP contribution in [0.2, 0.25) is 0 Å². The highest BCUT2D eigenvalue weighted by molar-refractivity contribution is 6.38. The van der Waals surface area contributed by atoms with E-state index in [4.69, 9.17) is 46.0 Å². The molecule has 6 nitrogen and oxygen atoms in total. The van der Waals surface area contributed by atoms with E-state index >= 15 is 0 Å². The van der Waals surface area contributed by atoms with Gasteiger partial charge in [0.15, 0.2) is 32.8 Å². The summed E-state index contributed by atoms with van der Waals surface area (Å²) in [7, 11) is 21.3. The van der Waals surface area contributed by atoms with Gasteiger partial charge >= 0.3 is 5.97 Å². The molecule has 0 spiro atoms. The standard InChI is InChI=1S/C10H6B4O6/c11-8(17,9(12,18)7(15)16)4-1-2-5-6(3-4)20-10(13,14)19-5/h1-3,17-18H,(H,15,16). The Bertz CT molecular complexity index is 571. The fourth-order valence-corrected chi connectivity index (χ4v) is 1.66. The maximum Gasteiger partial charge on any atom is 0.328 e. The zero-order valence-electron chi connectivity index (χ0n) is 10.1. The third-order valence-corrected chi connectivity index (χ3v) is 2.83. The van der Waals surface area contributed by atoms with Gasteiger partial charge in [0.1, 0.15) is 21.2 Å². The number of carboxylic acids is 1. The van der Waals surface area contributed by atoms with Crippen LogP contribution in [0, 0.1) is 0 Å². The summed E-state index contributed by atoms with van der Waals surface area (Å²) < 4.78 is 10.00. The van der Waals surface area contributed by atoms with Crippen molar-refractivity contribution in [1.82, 2.24) is 0 Å². The van der Waals surface area contributed by atoms with Crippen molar-refractivity contribution in [1.29, 1.82) is 0 Å². The quantitative estimate of drug-likeness (QED) is 0.530. The van der Waals surface area contributed by atoms with Gasteiger partial charge < -0.3 is 24.8 Å². The smallest absolute Gasteiger partial charge is 0.328 e. The highest BCUT2D eigenvalue weighted by Gasteiger charge is 2.48. The lowest BCUT2D eigenvalue weighted by Gasteiger charge is -2.36. The number of carboxylic acid groups (broad SMARTS) is 1.